The van der Waals surface area contributed by atoms with E-state index in [9.17, 15) is 0 Å². The molecule has 1 aliphatic rings. The van der Waals surface area contributed by atoms with Gasteiger partial charge in [0.25, 0.3) is 0 Å². The Morgan fingerprint density at radius 3 is 2.29 bits per heavy atom. The first-order chi connectivity index (χ1) is 8.24. The van der Waals surface area contributed by atoms with Crippen molar-refractivity contribution < 1.29 is 0 Å². The summed E-state index contributed by atoms with van der Waals surface area (Å²) < 4.78 is 0. The molecule has 1 saturated heterocycles. The maximum atomic E-state index is 5.49. The molecule has 1 heterocycles. The molecule has 3 nitrogen and oxygen atoms in total. The van der Waals surface area contributed by atoms with Gasteiger partial charge in [-0.25, -0.2) is 0 Å². The number of hydrogen-bond donors (Lipinski definition) is 1. The van der Waals surface area contributed by atoms with Crippen LogP contribution in [0.15, 0.2) is 0 Å². The Labute approximate surface area is 107 Å². The number of unbranched alkanes of at least 4 members (excludes halogenated alkanes) is 4. The first-order valence-electron chi connectivity index (χ1n) is 7.33. The highest BCUT2D eigenvalue weighted by atomic mass is 15.2. The van der Waals surface area contributed by atoms with E-state index in [1.165, 1.54) is 64.6 Å². The zero-order chi connectivity index (χ0) is 12.5. The van der Waals surface area contributed by atoms with Crippen LogP contribution in [0, 0.1) is 0 Å². The molecular formula is C14H31N3. The second-order valence-corrected chi connectivity index (χ2v) is 5.57. The number of piperidine rings is 1. The average Bonchev–Trinajstić information content (AvgIpc) is 2.34. The van der Waals surface area contributed by atoms with Crippen LogP contribution in [0.4, 0.5) is 0 Å². The van der Waals surface area contributed by atoms with Crippen molar-refractivity contribution in [1.82, 2.24) is 9.80 Å². The van der Waals surface area contributed by atoms with Crippen LogP contribution in [0.25, 0.3) is 0 Å². The lowest BCUT2D eigenvalue weighted by Crippen LogP contribution is -2.42. The van der Waals surface area contributed by atoms with E-state index in [0.717, 1.165) is 12.6 Å². The first kappa shape index (κ1) is 14.9. The van der Waals surface area contributed by atoms with Gasteiger partial charge in [-0.3, -0.25) is 0 Å². The Morgan fingerprint density at radius 2 is 1.65 bits per heavy atom. The molecule has 0 radical (unpaired) electrons. The zero-order valence-electron chi connectivity index (χ0n) is 11.8. The standard InChI is InChI=1S/C14H31N3/c1-16-12-8-14(9-13-16)17(2)11-7-5-3-4-6-10-15/h14H,3-13,15H2,1-2H3. The molecule has 1 rings (SSSR count). The summed E-state index contributed by atoms with van der Waals surface area (Å²) in [5, 5.41) is 0. The number of nitrogens with two attached hydrogens (primary N) is 1. The molecule has 3 heteroatoms. The van der Waals surface area contributed by atoms with Crippen LogP contribution in [-0.2, 0) is 0 Å². The third kappa shape index (κ3) is 6.39. The lowest BCUT2D eigenvalue weighted by atomic mass is 10.0. The van der Waals surface area contributed by atoms with Gasteiger partial charge >= 0.3 is 0 Å². The minimum atomic E-state index is 0.829. The van der Waals surface area contributed by atoms with E-state index in [1.807, 2.05) is 0 Å². The Kier molecular flexibility index (Phi) is 7.82. The van der Waals surface area contributed by atoms with Crippen molar-refractivity contribution in [3.05, 3.63) is 0 Å². The lowest BCUT2D eigenvalue weighted by Gasteiger charge is -2.35. The van der Waals surface area contributed by atoms with E-state index in [4.69, 9.17) is 5.73 Å². The average molecular weight is 241 g/mol. The molecule has 0 aliphatic carbocycles. The monoisotopic (exact) mass is 241 g/mol. The maximum Gasteiger partial charge on any atom is 0.0117 e. The maximum absolute atomic E-state index is 5.49. The number of rotatable bonds is 8. The van der Waals surface area contributed by atoms with Crippen molar-refractivity contribution in [2.45, 2.75) is 51.0 Å². The van der Waals surface area contributed by atoms with Crippen LogP contribution in [0.1, 0.15) is 44.9 Å². The fourth-order valence-electron chi connectivity index (χ4n) is 2.65. The summed E-state index contributed by atoms with van der Waals surface area (Å²) in [4.78, 5) is 5.02. The highest BCUT2D eigenvalue weighted by Crippen LogP contribution is 2.15. The molecule has 0 atom stereocenters. The lowest BCUT2D eigenvalue weighted by molar-refractivity contribution is 0.142. The van der Waals surface area contributed by atoms with Gasteiger partial charge in [0.05, 0.1) is 0 Å². The molecule has 102 valence electrons. The van der Waals surface area contributed by atoms with Crippen LogP contribution in [-0.4, -0.2) is 56.1 Å². The van der Waals surface area contributed by atoms with Crippen LogP contribution < -0.4 is 5.73 Å². The second kappa shape index (κ2) is 8.90. The van der Waals surface area contributed by atoms with E-state index >= 15 is 0 Å². The summed E-state index contributed by atoms with van der Waals surface area (Å²) in [5.41, 5.74) is 5.49. The molecule has 2 N–H and O–H groups in total. The minimum Gasteiger partial charge on any atom is -0.330 e. The van der Waals surface area contributed by atoms with Gasteiger partial charge in [-0.05, 0) is 66.0 Å². The van der Waals surface area contributed by atoms with E-state index in [1.54, 1.807) is 0 Å². The first-order valence-corrected chi connectivity index (χ1v) is 7.33. The number of likely N-dealkylation sites (tertiary alicyclic amines) is 1. The molecule has 0 saturated carbocycles. The van der Waals surface area contributed by atoms with Crippen LogP contribution in [0.5, 0.6) is 0 Å². The van der Waals surface area contributed by atoms with E-state index in [0.29, 0.717) is 0 Å². The Hall–Kier alpha value is -0.120. The molecule has 1 fully saturated rings. The molecule has 0 amide bonds. The molecule has 0 unspecified atom stereocenters. The fourth-order valence-corrected chi connectivity index (χ4v) is 2.65. The van der Waals surface area contributed by atoms with E-state index in [-0.39, 0.29) is 0 Å². The Bertz CT molecular complexity index is 176. The topological polar surface area (TPSA) is 32.5 Å². The SMILES string of the molecule is CN1CCC(N(C)CCCCCCCN)CC1. The minimum absolute atomic E-state index is 0.829. The van der Waals surface area contributed by atoms with Crippen molar-refractivity contribution in [3.63, 3.8) is 0 Å². The van der Waals surface area contributed by atoms with Gasteiger partial charge in [0.1, 0.15) is 0 Å². The molecule has 0 spiro atoms. The van der Waals surface area contributed by atoms with Crippen molar-refractivity contribution in [1.29, 1.82) is 0 Å². The predicted molar refractivity (Wildman–Crippen MR) is 75.3 cm³/mol. The quantitative estimate of drug-likeness (QED) is 0.659. The van der Waals surface area contributed by atoms with Gasteiger partial charge in [-0.2, -0.15) is 0 Å². The Morgan fingerprint density at radius 1 is 1.06 bits per heavy atom. The van der Waals surface area contributed by atoms with E-state index in [2.05, 4.69) is 23.9 Å². The summed E-state index contributed by atoms with van der Waals surface area (Å²) in [5.74, 6) is 0. The summed E-state index contributed by atoms with van der Waals surface area (Å²) in [7, 11) is 4.53. The third-order valence-corrected chi connectivity index (χ3v) is 4.03. The van der Waals surface area contributed by atoms with Gasteiger partial charge in [0.15, 0.2) is 0 Å². The summed E-state index contributed by atoms with van der Waals surface area (Å²) in [6.07, 6.45) is 9.29. The highest BCUT2D eigenvalue weighted by molar-refractivity contribution is 4.76. The Balaban J connectivity index is 1.99. The predicted octanol–water partition coefficient (Wildman–Crippen LogP) is 1.92. The van der Waals surface area contributed by atoms with Gasteiger partial charge in [0.2, 0.25) is 0 Å². The van der Waals surface area contributed by atoms with Gasteiger partial charge in [-0.1, -0.05) is 19.3 Å². The van der Waals surface area contributed by atoms with Crippen LogP contribution in [0.3, 0.4) is 0 Å². The normalized spacial score (nSPS) is 19.1. The van der Waals surface area contributed by atoms with Crippen molar-refractivity contribution in [3.8, 4) is 0 Å². The number of hydrogen-bond acceptors (Lipinski definition) is 3. The smallest absolute Gasteiger partial charge is 0.0117 e. The van der Waals surface area contributed by atoms with Crippen molar-refractivity contribution in [2.24, 2.45) is 5.73 Å². The van der Waals surface area contributed by atoms with Gasteiger partial charge in [-0.15, -0.1) is 0 Å². The molecule has 0 aromatic heterocycles. The van der Waals surface area contributed by atoms with Gasteiger partial charge in [0, 0.05) is 6.04 Å². The zero-order valence-corrected chi connectivity index (χ0v) is 11.8. The van der Waals surface area contributed by atoms with E-state index < -0.39 is 0 Å². The largest absolute Gasteiger partial charge is 0.330 e. The second-order valence-electron chi connectivity index (χ2n) is 5.57. The summed E-state index contributed by atoms with van der Waals surface area (Å²) in [6, 6.07) is 0.829. The summed E-state index contributed by atoms with van der Waals surface area (Å²) >= 11 is 0. The molecule has 0 aromatic carbocycles. The highest BCUT2D eigenvalue weighted by Gasteiger charge is 2.19. The van der Waals surface area contributed by atoms with Gasteiger partial charge < -0.3 is 15.5 Å². The fraction of sp³-hybridized carbons (Fsp3) is 1.00. The summed E-state index contributed by atoms with van der Waals surface area (Å²) in [6.45, 7) is 4.67. The molecule has 0 bridgehead atoms. The van der Waals surface area contributed by atoms with Crippen molar-refractivity contribution in [2.75, 3.05) is 40.3 Å². The molecule has 17 heavy (non-hydrogen) atoms. The third-order valence-electron chi connectivity index (χ3n) is 4.03. The molecule has 1 aliphatic heterocycles. The van der Waals surface area contributed by atoms with Crippen molar-refractivity contribution >= 4 is 0 Å². The number of nitrogens with zero attached hydrogens (tertiary/aromatic N) is 2. The molecule has 0 aromatic rings. The van der Waals surface area contributed by atoms with Crippen LogP contribution >= 0.6 is 0 Å². The van der Waals surface area contributed by atoms with Crippen LogP contribution in [0.2, 0.25) is 0 Å². The molecular weight excluding hydrogens is 210 g/mol.